The Balaban J connectivity index is 3.04. The van der Waals surface area contributed by atoms with Crippen molar-refractivity contribution in [3.63, 3.8) is 0 Å². The van der Waals surface area contributed by atoms with Crippen LogP contribution in [0.4, 0.5) is 0 Å². The van der Waals surface area contributed by atoms with Crippen LogP contribution in [0.2, 0.25) is 0 Å². The third-order valence-electron chi connectivity index (χ3n) is 2.76. The summed E-state index contributed by atoms with van der Waals surface area (Å²) in [4.78, 5) is 11.0. The van der Waals surface area contributed by atoms with Crippen LogP contribution in [0.1, 0.15) is 44.9 Å². The Morgan fingerprint density at radius 1 is 1.14 bits per heavy atom. The van der Waals surface area contributed by atoms with Gasteiger partial charge in [-0.1, -0.05) is 30.3 Å². The van der Waals surface area contributed by atoms with Crippen LogP contribution >= 0.6 is 0 Å². The Bertz CT molecular complexity index is 551. The predicted octanol–water partition coefficient (Wildman–Crippen LogP) is 2.82. The quantitative estimate of drug-likeness (QED) is 0.572. The second-order valence-electron chi connectivity index (χ2n) is 5.19. The molecule has 0 aliphatic heterocycles. The zero-order valence-corrected chi connectivity index (χ0v) is 13.6. The van der Waals surface area contributed by atoms with Crippen molar-refractivity contribution in [3.8, 4) is 0 Å². The molecule has 1 rings (SSSR count). The molecule has 0 heterocycles. The number of carbonyl (C=O) groups is 1. The van der Waals surface area contributed by atoms with E-state index >= 15 is 0 Å². The number of rotatable bonds is 7. The first kappa shape index (κ1) is 17.7. The fraction of sp³-hybridized carbons (Fsp3) is 0.533. The van der Waals surface area contributed by atoms with E-state index in [-0.39, 0.29) is 6.42 Å². The van der Waals surface area contributed by atoms with E-state index in [0.717, 1.165) is 0 Å². The molecule has 2 atom stereocenters. The molecule has 0 amide bonds. The molecule has 0 saturated carbocycles. The highest BCUT2D eigenvalue weighted by atomic mass is 32.2. The second kappa shape index (κ2) is 7.56. The van der Waals surface area contributed by atoms with Crippen molar-refractivity contribution in [2.75, 3.05) is 0 Å². The summed E-state index contributed by atoms with van der Waals surface area (Å²) >= 11 is 0. The minimum Gasteiger partial charge on any atom is -0.463 e. The highest BCUT2D eigenvalue weighted by Gasteiger charge is 2.31. The molecule has 0 saturated heterocycles. The number of benzene rings is 1. The van der Waals surface area contributed by atoms with Crippen molar-refractivity contribution >= 4 is 16.1 Å². The number of hydrogen-bond donors (Lipinski definition) is 0. The van der Waals surface area contributed by atoms with Crippen LogP contribution in [0.15, 0.2) is 30.3 Å². The predicted molar refractivity (Wildman–Crippen MR) is 80.2 cm³/mol. The molecule has 0 spiro atoms. The van der Waals surface area contributed by atoms with Gasteiger partial charge < -0.3 is 4.74 Å². The molecule has 0 aromatic heterocycles. The molecule has 0 fully saturated rings. The van der Waals surface area contributed by atoms with E-state index in [4.69, 9.17) is 8.92 Å². The summed E-state index contributed by atoms with van der Waals surface area (Å²) in [6.45, 7) is 6.29. The molecule has 0 aliphatic rings. The zero-order valence-electron chi connectivity index (χ0n) is 12.8. The van der Waals surface area contributed by atoms with Gasteiger partial charge >= 0.3 is 5.97 Å². The first-order valence-electron chi connectivity index (χ1n) is 6.86. The molecule has 5 nitrogen and oxygen atoms in total. The van der Waals surface area contributed by atoms with Gasteiger partial charge in [0.05, 0.1) is 6.10 Å². The highest BCUT2D eigenvalue weighted by Crippen LogP contribution is 2.30. The Kier molecular flexibility index (Phi) is 6.36. The topological polar surface area (TPSA) is 69.7 Å². The van der Waals surface area contributed by atoms with Crippen LogP contribution in [0.3, 0.4) is 0 Å². The molecule has 0 radical (unpaired) electrons. The fourth-order valence-electron chi connectivity index (χ4n) is 2.06. The van der Waals surface area contributed by atoms with Crippen LogP contribution in [-0.4, -0.2) is 26.6 Å². The van der Waals surface area contributed by atoms with Gasteiger partial charge in [0, 0.05) is 13.3 Å². The van der Waals surface area contributed by atoms with Crippen LogP contribution < -0.4 is 0 Å². The van der Waals surface area contributed by atoms with E-state index in [1.54, 1.807) is 45.0 Å². The third-order valence-corrected chi connectivity index (χ3v) is 4.57. The van der Waals surface area contributed by atoms with Crippen LogP contribution in [0.5, 0.6) is 0 Å². The van der Waals surface area contributed by atoms with Crippen LogP contribution in [0.25, 0.3) is 0 Å². The van der Waals surface area contributed by atoms with E-state index < -0.39 is 33.5 Å². The van der Waals surface area contributed by atoms with Crippen molar-refractivity contribution in [2.45, 2.75) is 51.6 Å². The maximum Gasteiger partial charge on any atom is 0.302 e. The van der Waals surface area contributed by atoms with E-state index in [0.29, 0.717) is 5.56 Å². The van der Waals surface area contributed by atoms with Crippen molar-refractivity contribution in [2.24, 2.45) is 0 Å². The SMILES string of the molecule is CC(=O)O[C@@H](C)C[C@H](c1ccccc1)S(=O)(=O)OC(C)C. The van der Waals surface area contributed by atoms with Gasteiger partial charge in [0.2, 0.25) is 0 Å². The molecule has 1 aromatic rings. The highest BCUT2D eigenvalue weighted by molar-refractivity contribution is 7.87. The molecule has 21 heavy (non-hydrogen) atoms. The van der Waals surface area contributed by atoms with Gasteiger partial charge in [0.1, 0.15) is 11.4 Å². The molecule has 118 valence electrons. The average Bonchev–Trinajstić information content (AvgIpc) is 2.34. The Morgan fingerprint density at radius 3 is 2.19 bits per heavy atom. The summed E-state index contributed by atoms with van der Waals surface area (Å²) in [5.74, 6) is -0.434. The molecular formula is C15H22O5S. The van der Waals surface area contributed by atoms with Gasteiger partial charge in [-0.2, -0.15) is 8.42 Å². The number of ether oxygens (including phenoxy) is 1. The first-order chi connectivity index (χ1) is 9.72. The van der Waals surface area contributed by atoms with Gasteiger partial charge in [0.25, 0.3) is 10.1 Å². The van der Waals surface area contributed by atoms with Crippen LogP contribution in [-0.2, 0) is 23.8 Å². The van der Waals surface area contributed by atoms with Gasteiger partial charge in [-0.3, -0.25) is 8.98 Å². The van der Waals surface area contributed by atoms with Gasteiger partial charge in [-0.05, 0) is 26.3 Å². The number of carbonyl (C=O) groups excluding carboxylic acids is 1. The van der Waals surface area contributed by atoms with Crippen LogP contribution in [0, 0.1) is 0 Å². The average molecular weight is 314 g/mol. The normalized spacial score (nSPS) is 14.7. The van der Waals surface area contributed by atoms with Gasteiger partial charge in [-0.15, -0.1) is 0 Å². The summed E-state index contributed by atoms with van der Waals surface area (Å²) in [5, 5.41) is -0.865. The summed E-state index contributed by atoms with van der Waals surface area (Å²) in [7, 11) is -3.80. The maximum atomic E-state index is 12.4. The standard InChI is InChI=1S/C15H22O5S/c1-11(2)20-21(17,18)15(10-12(3)19-13(4)16)14-8-6-5-7-9-14/h5-9,11-12,15H,10H2,1-4H3/t12-,15+/m0/s1. The Morgan fingerprint density at radius 2 is 1.71 bits per heavy atom. The lowest BCUT2D eigenvalue weighted by Gasteiger charge is -2.22. The lowest BCUT2D eigenvalue weighted by molar-refractivity contribution is -0.145. The van der Waals surface area contributed by atoms with E-state index in [2.05, 4.69) is 0 Å². The lowest BCUT2D eigenvalue weighted by atomic mass is 10.1. The molecular weight excluding hydrogens is 292 g/mol. The molecule has 0 aliphatic carbocycles. The molecule has 6 heteroatoms. The molecule has 0 unspecified atom stereocenters. The number of hydrogen-bond acceptors (Lipinski definition) is 5. The van der Waals surface area contributed by atoms with E-state index in [1.807, 2.05) is 6.07 Å². The second-order valence-corrected chi connectivity index (χ2v) is 6.94. The molecule has 1 aromatic carbocycles. The number of esters is 1. The monoisotopic (exact) mass is 314 g/mol. The van der Waals surface area contributed by atoms with Crippen molar-refractivity contribution in [3.05, 3.63) is 35.9 Å². The third kappa shape index (κ3) is 5.85. The summed E-state index contributed by atoms with van der Waals surface area (Å²) < 4.78 is 34.9. The molecule has 0 bridgehead atoms. The van der Waals surface area contributed by atoms with E-state index in [1.165, 1.54) is 6.92 Å². The zero-order chi connectivity index (χ0) is 16.0. The first-order valence-corrected chi connectivity index (χ1v) is 8.33. The Labute approximate surface area is 126 Å². The van der Waals surface area contributed by atoms with Gasteiger partial charge in [0.15, 0.2) is 0 Å². The minimum absolute atomic E-state index is 0.151. The lowest BCUT2D eigenvalue weighted by Crippen LogP contribution is -2.25. The maximum absolute atomic E-state index is 12.4. The molecule has 0 N–H and O–H groups in total. The van der Waals surface area contributed by atoms with Crippen molar-refractivity contribution in [1.29, 1.82) is 0 Å². The summed E-state index contributed by atoms with van der Waals surface area (Å²) in [6, 6.07) is 8.80. The fourth-order valence-corrected chi connectivity index (χ4v) is 3.72. The van der Waals surface area contributed by atoms with Crippen molar-refractivity contribution < 1.29 is 22.1 Å². The summed E-state index contributed by atoms with van der Waals surface area (Å²) in [6.07, 6.45) is -0.804. The summed E-state index contributed by atoms with van der Waals surface area (Å²) in [5.41, 5.74) is 0.622. The largest absolute Gasteiger partial charge is 0.463 e. The minimum atomic E-state index is -3.80. The smallest absolute Gasteiger partial charge is 0.302 e. The van der Waals surface area contributed by atoms with Crippen molar-refractivity contribution in [1.82, 2.24) is 0 Å². The van der Waals surface area contributed by atoms with Gasteiger partial charge in [-0.25, -0.2) is 0 Å². The van der Waals surface area contributed by atoms with E-state index in [9.17, 15) is 13.2 Å². The Hall–Kier alpha value is -1.40.